The summed E-state index contributed by atoms with van der Waals surface area (Å²) in [5.41, 5.74) is 1.10. The van der Waals surface area contributed by atoms with Gasteiger partial charge in [-0.05, 0) is 46.5 Å². The molecular weight excluding hydrogens is 358 g/mol. The van der Waals surface area contributed by atoms with Crippen molar-refractivity contribution in [3.8, 4) is 11.5 Å². The molecule has 21 heavy (non-hydrogen) atoms. The Morgan fingerprint density at radius 1 is 1.19 bits per heavy atom. The zero-order valence-electron chi connectivity index (χ0n) is 11.6. The molecule has 7 heteroatoms. The SMILES string of the molecule is O=S1(=O)CCC(NCc2cc(Br)c3c(c2)OCCO3)CC1. The largest absolute Gasteiger partial charge is 0.486 e. The smallest absolute Gasteiger partial charge is 0.175 e. The van der Waals surface area contributed by atoms with E-state index in [-0.39, 0.29) is 17.5 Å². The molecule has 0 bridgehead atoms. The normalized spacial score (nSPS) is 21.2. The van der Waals surface area contributed by atoms with Gasteiger partial charge in [0.15, 0.2) is 11.5 Å². The lowest BCUT2D eigenvalue weighted by Crippen LogP contribution is -2.37. The molecule has 0 atom stereocenters. The molecule has 0 aromatic heterocycles. The molecule has 2 aliphatic heterocycles. The summed E-state index contributed by atoms with van der Waals surface area (Å²) in [6, 6.07) is 4.26. The van der Waals surface area contributed by atoms with Crippen LogP contribution in [0.4, 0.5) is 0 Å². The van der Waals surface area contributed by atoms with Gasteiger partial charge in [0, 0.05) is 12.6 Å². The fourth-order valence-corrected chi connectivity index (χ4v) is 4.72. The number of fused-ring (bicyclic) bond motifs is 1. The predicted octanol–water partition coefficient (Wildman–Crippen LogP) is 1.89. The van der Waals surface area contributed by atoms with Crippen molar-refractivity contribution in [2.75, 3.05) is 24.7 Å². The van der Waals surface area contributed by atoms with Crippen molar-refractivity contribution in [3.63, 3.8) is 0 Å². The summed E-state index contributed by atoms with van der Waals surface area (Å²) >= 11 is 3.50. The van der Waals surface area contributed by atoms with E-state index in [0.717, 1.165) is 21.5 Å². The Kier molecular flexibility index (Phi) is 4.42. The first kappa shape index (κ1) is 15.1. The van der Waals surface area contributed by atoms with Crippen molar-refractivity contribution < 1.29 is 17.9 Å². The third-order valence-electron chi connectivity index (χ3n) is 3.81. The number of hydrogen-bond donors (Lipinski definition) is 1. The number of benzene rings is 1. The van der Waals surface area contributed by atoms with Crippen molar-refractivity contribution >= 4 is 25.8 Å². The second kappa shape index (κ2) is 6.14. The van der Waals surface area contributed by atoms with Gasteiger partial charge in [-0.15, -0.1) is 0 Å². The topological polar surface area (TPSA) is 64.6 Å². The molecule has 0 aliphatic carbocycles. The molecule has 3 rings (SSSR count). The van der Waals surface area contributed by atoms with Gasteiger partial charge in [-0.3, -0.25) is 0 Å². The van der Waals surface area contributed by atoms with Crippen LogP contribution in [-0.4, -0.2) is 39.2 Å². The van der Waals surface area contributed by atoms with Crippen LogP contribution in [0, 0.1) is 0 Å². The lowest BCUT2D eigenvalue weighted by Gasteiger charge is -2.24. The monoisotopic (exact) mass is 375 g/mol. The van der Waals surface area contributed by atoms with Gasteiger partial charge < -0.3 is 14.8 Å². The number of nitrogens with one attached hydrogen (secondary N) is 1. The van der Waals surface area contributed by atoms with E-state index in [4.69, 9.17) is 9.47 Å². The highest BCUT2D eigenvalue weighted by atomic mass is 79.9. The first-order chi connectivity index (χ1) is 10.0. The van der Waals surface area contributed by atoms with Crippen molar-refractivity contribution in [2.45, 2.75) is 25.4 Å². The fraction of sp³-hybridized carbons (Fsp3) is 0.571. The van der Waals surface area contributed by atoms with Crippen molar-refractivity contribution in [1.82, 2.24) is 5.32 Å². The molecule has 2 aliphatic rings. The molecule has 0 radical (unpaired) electrons. The predicted molar refractivity (Wildman–Crippen MR) is 83.6 cm³/mol. The summed E-state index contributed by atoms with van der Waals surface area (Å²) < 4.78 is 34.9. The highest BCUT2D eigenvalue weighted by molar-refractivity contribution is 9.10. The van der Waals surface area contributed by atoms with Crippen LogP contribution in [0.2, 0.25) is 0 Å². The van der Waals surface area contributed by atoms with Crippen LogP contribution in [0.3, 0.4) is 0 Å². The standard InChI is InChI=1S/C14H18BrNO4S/c15-12-7-10(8-13-14(12)20-4-3-19-13)9-16-11-1-5-21(17,18)6-2-11/h7-8,11,16H,1-6,9H2. The Bertz CT molecular complexity index is 618. The molecule has 0 saturated carbocycles. The Labute approximate surface area is 133 Å². The minimum atomic E-state index is -2.80. The zero-order valence-corrected chi connectivity index (χ0v) is 14.0. The average Bonchev–Trinajstić information content (AvgIpc) is 2.46. The Hall–Kier alpha value is -0.790. The lowest BCUT2D eigenvalue weighted by atomic mass is 10.1. The lowest BCUT2D eigenvalue weighted by molar-refractivity contribution is 0.170. The molecule has 0 amide bonds. The van der Waals surface area contributed by atoms with Crippen molar-refractivity contribution in [2.24, 2.45) is 0 Å². The number of hydrogen-bond acceptors (Lipinski definition) is 5. The summed E-state index contributed by atoms with van der Waals surface area (Å²) in [5.74, 6) is 2.10. The summed E-state index contributed by atoms with van der Waals surface area (Å²) in [6.07, 6.45) is 1.38. The molecule has 0 unspecified atom stereocenters. The van der Waals surface area contributed by atoms with E-state index in [1.54, 1.807) is 0 Å². The summed E-state index contributed by atoms with van der Waals surface area (Å²) in [5, 5.41) is 3.43. The first-order valence-electron chi connectivity index (χ1n) is 7.05. The minimum Gasteiger partial charge on any atom is -0.486 e. The Balaban J connectivity index is 1.62. The highest BCUT2D eigenvalue weighted by Crippen LogP contribution is 2.38. The second-order valence-corrected chi connectivity index (χ2v) is 8.57. The second-order valence-electron chi connectivity index (χ2n) is 5.41. The van der Waals surface area contributed by atoms with Gasteiger partial charge in [0.25, 0.3) is 0 Å². The number of rotatable bonds is 3. The van der Waals surface area contributed by atoms with Crippen molar-refractivity contribution in [1.29, 1.82) is 0 Å². The summed E-state index contributed by atoms with van der Waals surface area (Å²) in [6.45, 7) is 1.83. The zero-order chi connectivity index (χ0) is 14.9. The molecule has 5 nitrogen and oxygen atoms in total. The molecule has 1 aromatic carbocycles. The van der Waals surface area contributed by atoms with Crippen molar-refractivity contribution in [3.05, 3.63) is 22.2 Å². The van der Waals surface area contributed by atoms with Crippen LogP contribution in [0.15, 0.2) is 16.6 Å². The van der Waals surface area contributed by atoms with E-state index < -0.39 is 9.84 Å². The van der Waals surface area contributed by atoms with Gasteiger partial charge >= 0.3 is 0 Å². The van der Waals surface area contributed by atoms with E-state index in [2.05, 4.69) is 21.2 Å². The maximum atomic E-state index is 11.4. The summed E-state index contributed by atoms with van der Waals surface area (Å²) in [7, 11) is -2.80. The molecule has 1 saturated heterocycles. The van der Waals surface area contributed by atoms with Gasteiger partial charge in [-0.1, -0.05) is 0 Å². The van der Waals surface area contributed by atoms with Gasteiger partial charge in [0.05, 0.1) is 16.0 Å². The molecule has 1 aromatic rings. The molecule has 1 N–H and O–H groups in total. The molecule has 1 fully saturated rings. The summed E-state index contributed by atoms with van der Waals surface area (Å²) in [4.78, 5) is 0. The highest BCUT2D eigenvalue weighted by Gasteiger charge is 2.23. The van der Waals surface area contributed by atoms with E-state index >= 15 is 0 Å². The van der Waals surface area contributed by atoms with Gasteiger partial charge in [0.2, 0.25) is 0 Å². The molecule has 2 heterocycles. The van der Waals surface area contributed by atoms with E-state index in [0.29, 0.717) is 32.6 Å². The maximum absolute atomic E-state index is 11.4. The van der Waals surface area contributed by atoms with Crippen LogP contribution in [0.5, 0.6) is 11.5 Å². The van der Waals surface area contributed by atoms with E-state index in [9.17, 15) is 8.42 Å². The Morgan fingerprint density at radius 2 is 1.90 bits per heavy atom. The Morgan fingerprint density at radius 3 is 2.67 bits per heavy atom. The van der Waals surface area contributed by atoms with Crippen LogP contribution in [0.25, 0.3) is 0 Å². The van der Waals surface area contributed by atoms with Gasteiger partial charge in [-0.2, -0.15) is 0 Å². The number of ether oxygens (including phenoxy) is 2. The average molecular weight is 376 g/mol. The quantitative estimate of drug-likeness (QED) is 0.873. The van der Waals surface area contributed by atoms with Crippen LogP contribution < -0.4 is 14.8 Å². The first-order valence-corrected chi connectivity index (χ1v) is 9.67. The fourth-order valence-electron chi connectivity index (χ4n) is 2.62. The van der Waals surface area contributed by atoms with Crippen LogP contribution in [-0.2, 0) is 16.4 Å². The molecule has 0 spiro atoms. The maximum Gasteiger partial charge on any atom is 0.175 e. The third-order valence-corrected chi connectivity index (χ3v) is 6.11. The number of sulfone groups is 1. The number of halogens is 1. The van der Waals surface area contributed by atoms with Gasteiger partial charge in [-0.25, -0.2) is 8.42 Å². The molecule has 116 valence electrons. The third kappa shape index (κ3) is 3.70. The van der Waals surface area contributed by atoms with Crippen LogP contribution >= 0.6 is 15.9 Å². The van der Waals surface area contributed by atoms with Gasteiger partial charge in [0.1, 0.15) is 23.1 Å². The molecular formula is C14H18BrNO4S. The van der Waals surface area contributed by atoms with Crippen LogP contribution in [0.1, 0.15) is 18.4 Å². The minimum absolute atomic E-state index is 0.264. The van der Waals surface area contributed by atoms with E-state index in [1.807, 2.05) is 12.1 Å². The van der Waals surface area contributed by atoms with E-state index in [1.165, 1.54) is 0 Å².